The van der Waals surface area contributed by atoms with Gasteiger partial charge in [-0.2, -0.15) is 5.10 Å². The van der Waals surface area contributed by atoms with E-state index in [1.807, 2.05) is 6.07 Å². The predicted octanol–water partition coefficient (Wildman–Crippen LogP) is 1.91. The van der Waals surface area contributed by atoms with Gasteiger partial charge in [0.2, 0.25) is 0 Å². The maximum Gasteiger partial charge on any atom is 0.361 e. The summed E-state index contributed by atoms with van der Waals surface area (Å²) in [6, 6.07) is 1.86. The van der Waals surface area contributed by atoms with Crippen LogP contribution in [0.15, 0.2) is 16.7 Å². The number of carbonyl (C=O) groups is 1. The van der Waals surface area contributed by atoms with Crippen LogP contribution in [0.4, 0.5) is 0 Å². The van der Waals surface area contributed by atoms with Crippen LogP contribution in [0.2, 0.25) is 0 Å². The Morgan fingerprint density at radius 1 is 1.62 bits per heavy atom. The van der Waals surface area contributed by atoms with Gasteiger partial charge in [0.15, 0.2) is 5.69 Å². The number of aryl methyl sites for hydroxylation is 1. The number of aromatic nitrogens is 3. The summed E-state index contributed by atoms with van der Waals surface area (Å²) in [5, 5.41) is 4.11. The zero-order valence-electron chi connectivity index (χ0n) is 8.90. The van der Waals surface area contributed by atoms with Gasteiger partial charge >= 0.3 is 5.97 Å². The van der Waals surface area contributed by atoms with Crippen LogP contribution in [0.25, 0.3) is 11.0 Å². The second-order valence-corrected chi connectivity index (χ2v) is 4.13. The Balaban J connectivity index is 2.59. The van der Waals surface area contributed by atoms with Crippen LogP contribution in [0.3, 0.4) is 0 Å². The Hall–Kier alpha value is -1.43. The first kappa shape index (κ1) is 11.1. The standard InChI is InChI=1S/C10H10BrN3O2/c1-3-16-10(15)9-8-7(14(2)13-9)4-6(11)5-12-8/h4-5H,3H2,1-2H3. The average Bonchev–Trinajstić information content (AvgIpc) is 2.56. The number of esters is 1. The molecule has 6 heteroatoms. The fourth-order valence-electron chi connectivity index (χ4n) is 1.45. The number of halogens is 1. The highest BCUT2D eigenvalue weighted by molar-refractivity contribution is 9.10. The summed E-state index contributed by atoms with van der Waals surface area (Å²) in [6.45, 7) is 2.08. The molecule has 84 valence electrons. The fraction of sp³-hybridized carbons (Fsp3) is 0.300. The molecule has 0 amide bonds. The van der Waals surface area contributed by atoms with Crippen LogP contribution in [-0.4, -0.2) is 27.3 Å². The van der Waals surface area contributed by atoms with Gasteiger partial charge in [-0.1, -0.05) is 0 Å². The zero-order chi connectivity index (χ0) is 11.7. The quantitative estimate of drug-likeness (QED) is 0.790. The van der Waals surface area contributed by atoms with E-state index in [9.17, 15) is 4.79 Å². The molecule has 0 aromatic carbocycles. The van der Waals surface area contributed by atoms with Crippen molar-refractivity contribution in [2.45, 2.75) is 6.92 Å². The molecule has 2 rings (SSSR count). The van der Waals surface area contributed by atoms with Crippen LogP contribution < -0.4 is 0 Å². The molecule has 2 aromatic rings. The lowest BCUT2D eigenvalue weighted by molar-refractivity contribution is 0.0520. The third-order valence-corrected chi connectivity index (χ3v) is 2.56. The number of ether oxygens (including phenoxy) is 1. The van der Waals surface area contributed by atoms with Gasteiger partial charge in [0, 0.05) is 17.7 Å². The average molecular weight is 284 g/mol. The summed E-state index contributed by atoms with van der Waals surface area (Å²) >= 11 is 3.32. The number of hydrogen-bond acceptors (Lipinski definition) is 4. The highest BCUT2D eigenvalue weighted by atomic mass is 79.9. The monoisotopic (exact) mass is 283 g/mol. The number of carbonyl (C=O) groups excluding carboxylic acids is 1. The SMILES string of the molecule is CCOC(=O)c1nn(C)c2cc(Br)cnc12. The van der Waals surface area contributed by atoms with Crippen LogP contribution in [0, 0.1) is 0 Å². The second kappa shape index (κ2) is 4.21. The Labute approximate surface area is 101 Å². The van der Waals surface area contributed by atoms with Crippen molar-refractivity contribution >= 4 is 32.9 Å². The topological polar surface area (TPSA) is 57.0 Å². The van der Waals surface area contributed by atoms with E-state index in [-0.39, 0.29) is 5.69 Å². The minimum Gasteiger partial charge on any atom is -0.461 e. The number of pyridine rings is 1. The Morgan fingerprint density at radius 3 is 3.06 bits per heavy atom. The smallest absolute Gasteiger partial charge is 0.361 e. The maximum atomic E-state index is 11.6. The summed E-state index contributed by atoms with van der Waals surface area (Å²) in [4.78, 5) is 15.8. The minimum atomic E-state index is -0.442. The number of hydrogen-bond donors (Lipinski definition) is 0. The van der Waals surface area contributed by atoms with E-state index in [0.29, 0.717) is 12.1 Å². The first-order valence-corrected chi connectivity index (χ1v) is 5.58. The lowest BCUT2D eigenvalue weighted by atomic mass is 10.3. The molecule has 2 heterocycles. The molecular weight excluding hydrogens is 274 g/mol. The Morgan fingerprint density at radius 2 is 2.38 bits per heavy atom. The van der Waals surface area contributed by atoms with Gasteiger partial charge in [0.1, 0.15) is 5.52 Å². The van der Waals surface area contributed by atoms with Crippen molar-refractivity contribution in [3.05, 3.63) is 22.4 Å². The van der Waals surface area contributed by atoms with Crippen LogP contribution in [0.1, 0.15) is 17.4 Å². The van der Waals surface area contributed by atoms with Crippen molar-refractivity contribution in [3.8, 4) is 0 Å². The van der Waals surface area contributed by atoms with Gasteiger partial charge in [0.05, 0.1) is 12.1 Å². The van der Waals surface area contributed by atoms with Crippen molar-refractivity contribution < 1.29 is 9.53 Å². The van der Waals surface area contributed by atoms with Gasteiger partial charge in [-0.05, 0) is 28.9 Å². The summed E-state index contributed by atoms with van der Waals surface area (Å²) in [6.07, 6.45) is 1.63. The van der Waals surface area contributed by atoms with E-state index in [2.05, 4.69) is 26.0 Å². The molecule has 0 radical (unpaired) electrons. The molecule has 2 aromatic heterocycles. The molecule has 0 aliphatic heterocycles. The van der Waals surface area contributed by atoms with E-state index in [0.717, 1.165) is 9.99 Å². The lowest BCUT2D eigenvalue weighted by Crippen LogP contribution is -2.06. The first-order valence-electron chi connectivity index (χ1n) is 4.79. The van der Waals surface area contributed by atoms with E-state index < -0.39 is 5.97 Å². The van der Waals surface area contributed by atoms with Crippen LogP contribution >= 0.6 is 15.9 Å². The number of rotatable bonds is 2. The Kier molecular flexibility index (Phi) is 2.91. The molecule has 0 N–H and O–H groups in total. The molecule has 0 unspecified atom stereocenters. The zero-order valence-corrected chi connectivity index (χ0v) is 10.5. The van der Waals surface area contributed by atoms with Gasteiger partial charge in [-0.15, -0.1) is 0 Å². The van der Waals surface area contributed by atoms with E-state index >= 15 is 0 Å². The third kappa shape index (κ3) is 1.80. The number of nitrogens with zero attached hydrogens (tertiary/aromatic N) is 3. The highest BCUT2D eigenvalue weighted by Gasteiger charge is 2.18. The summed E-state index contributed by atoms with van der Waals surface area (Å²) in [5.41, 5.74) is 1.61. The normalized spacial score (nSPS) is 10.7. The van der Waals surface area contributed by atoms with Crippen molar-refractivity contribution in [1.82, 2.24) is 14.8 Å². The van der Waals surface area contributed by atoms with E-state index in [1.54, 1.807) is 24.9 Å². The fourth-order valence-corrected chi connectivity index (χ4v) is 1.77. The van der Waals surface area contributed by atoms with Gasteiger partial charge in [0.25, 0.3) is 0 Å². The molecule has 0 saturated heterocycles. The molecule has 16 heavy (non-hydrogen) atoms. The first-order chi connectivity index (χ1) is 7.63. The second-order valence-electron chi connectivity index (χ2n) is 3.21. The van der Waals surface area contributed by atoms with Crippen LogP contribution in [-0.2, 0) is 11.8 Å². The molecule has 0 aliphatic rings. The molecular formula is C10H10BrN3O2. The van der Waals surface area contributed by atoms with Gasteiger partial charge in [-0.25, -0.2) is 4.79 Å². The maximum absolute atomic E-state index is 11.6. The predicted molar refractivity (Wildman–Crippen MR) is 62.2 cm³/mol. The molecule has 0 spiro atoms. The van der Waals surface area contributed by atoms with Gasteiger partial charge in [-0.3, -0.25) is 9.67 Å². The largest absolute Gasteiger partial charge is 0.461 e. The van der Waals surface area contributed by atoms with Crippen molar-refractivity contribution in [3.63, 3.8) is 0 Å². The minimum absolute atomic E-state index is 0.256. The van der Waals surface area contributed by atoms with Crippen molar-refractivity contribution in [2.24, 2.45) is 7.05 Å². The third-order valence-electron chi connectivity index (χ3n) is 2.13. The van der Waals surface area contributed by atoms with E-state index in [1.165, 1.54) is 0 Å². The highest BCUT2D eigenvalue weighted by Crippen LogP contribution is 2.20. The van der Waals surface area contributed by atoms with Crippen LogP contribution in [0.5, 0.6) is 0 Å². The molecule has 0 aliphatic carbocycles. The molecule has 0 bridgehead atoms. The van der Waals surface area contributed by atoms with E-state index in [4.69, 9.17) is 4.74 Å². The summed E-state index contributed by atoms with van der Waals surface area (Å²) in [5.74, 6) is -0.442. The molecule has 0 atom stereocenters. The lowest BCUT2D eigenvalue weighted by Gasteiger charge is -1.97. The summed E-state index contributed by atoms with van der Waals surface area (Å²) < 4.78 is 7.37. The Bertz CT molecular complexity index is 550. The summed E-state index contributed by atoms with van der Waals surface area (Å²) in [7, 11) is 1.76. The van der Waals surface area contributed by atoms with Gasteiger partial charge < -0.3 is 4.74 Å². The number of fused-ring (bicyclic) bond motifs is 1. The molecule has 0 saturated carbocycles. The van der Waals surface area contributed by atoms with Crippen molar-refractivity contribution in [1.29, 1.82) is 0 Å². The molecule has 0 fully saturated rings. The molecule has 5 nitrogen and oxygen atoms in total. The van der Waals surface area contributed by atoms with Crippen molar-refractivity contribution in [2.75, 3.05) is 6.61 Å².